The number of hydrogen-bond donors (Lipinski definition) is 1. The second-order valence-electron chi connectivity index (χ2n) is 4.55. The van der Waals surface area contributed by atoms with E-state index >= 15 is 0 Å². The van der Waals surface area contributed by atoms with Crippen molar-refractivity contribution in [3.8, 4) is 0 Å². The Balaban J connectivity index is 1.86. The van der Waals surface area contributed by atoms with Gasteiger partial charge in [0.15, 0.2) is 0 Å². The predicted octanol–water partition coefficient (Wildman–Crippen LogP) is 4.44. The van der Waals surface area contributed by atoms with Crippen molar-refractivity contribution in [2.45, 2.75) is 17.6 Å². The van der Waals surface area contributed by atoms with Crippen LogP contribution in [-0.2, 0) is 10.5 Å². The van der Waals surface area contributed by atoms with Crippen LogP contribution in [0.4, 0.5) is 5.69 Å². The number of aromatic nitrogens is 1. The predicted molar refractivity (Wildman–Crippen MR) is 92.8 cm³/mol. The van der Waals surface area contributed by atoms with Gasteiger partial charge in [-0.1, -0.05) is 24.3 Å². The first-order chi connectivity index (χ1) is 10.8. The molecule has 22 heavy (non-hydrogen) atoms. The molecule has 1 aromatic heterocycles. The van der Waals surface area contributed by atoms with Crippen molar-refractivity contribution in [2.24, 2.45) is 0 Å². The largest absolute Gasteiger partial charge is 0.323 e. The Bertz CT molecular complexity index is 649. The van der Waals surface area contributed by atoms with Gasteiger partial charge in [-0.05, 0) is 42.8 Å². The molecule has 0 saturated carbocycles. The zero-order valence-corrected chi connectivity index (χ0v) is 13.2. The molecule has 4 heteroatoms. The minimum atomic E-state index is -0.131. The number of benzene rings is 1. The first kappa shape index (κ1) is 16.0. The van der Waals surface area contributed by atoms with Gasteiger partial charge in [-0.2, -0.15) is 0 Å². The molecule has 0 bridgehead atoms. The van der Waals surface area contributed by atoms with Crippen molar-refractivity contribution in [1.82, 2.24) is 4.98 Å². The van der Waals surface area contributed by atoms with Gasteiger partial charge in [0.05, 0.1) is 0 Å². The number of pyridine rings is 1. The van der Waals surface area contributed by atoms with Crippen molar-refractivity contribution in [2.75, 3.05) is 5.32 Å². The van der Waals surface area contributed by atoms with E-state index in [0.29, 0.717) is 0 Å². The van der Waals surface area contributed by atoms with Crippen LogP contribution in [-0.4, -0.2) is 10.9 Å². The Morgan fingerprint density at radius 2 is 2.05 bits per heavy atom. The second kappa shape index (κ2) is 8.85. The summed E-state index contributed by atoms with van der Waals surface area (Å²) >= 11 is 1.74. The summed E-state index contributed by atoms with van der Waals surface area (Å²) < 4.78 is 0. The molecule has 0 atom stereocenters. The lowest BCUT2D eigenvalue weighted by atomic mass is 10.3. The molecule has 1 aromatic carbocycles. The number of allylic oxidation sites excluding steroid dienone is 3. The summed E-state index contributed by atoms with van der Waals surface area (Å²) in [5.41, 5.74) is 1.99. The highest BCUT2D eigenvalue weighted by Gasteiger charge is 1.99. The number of amides is 1. The third-order valence-electron chi connectivity index (χ3n) is 2.80. The number of hydrogen-bond acceptors (Lipinski definition) is 3. The van der Waals surface area contributed by atoms with Crippen LogP contribution in [0.25, 0.3) is 0 Å². The van der Waals surface area contributed by atoms with E-state index < -0.39 is 0 Å². The fourth-order valence-electron chi connectivity index (χ4n) is 1.72. The fraction of sp³-hybridized carbons (Fsp3) is 0.111. The Kier molecular flexibility index (Phi) is 6.45. The molecule has 0 aliphatic rings. The van der Waals surface area contributed by atoms with E-state index in [4.69, 9.17) is 0 Å². The van der Waals surface area contributed by atoms with Gasteiger partial charge in [0.1, 0.15) is 0 Å². The summed E-state index contributed by atoms with van der Waals surface area (Å²) in [4.78, 5) is 16.9. The van der Waals surface area contributed by atoms with Crippen LogP contribution >= 0.6 is 11.8 Å². The second-order valence-corrected chi connectivity index (χ2v) is 5.60. The zero-order valence-electron chi connectivity index (χ0n) is 12.4. The Hall–Kier alpha value is -2.33. The monoisotopic (exact) mass is 310 g/mol. The molecule has 1 N–H and O–H groups in total. The third-order valence-corrected chi connectivity index (χ3v) is 3.88. The number of rotatable bonds is 6. The number of nitrogens with one attached hydrogen (secondary N) is 1. The third kappa shape index (κ3) is 5.58. The molecule has 0 saturated heterocycles. The zero-order chi connectivity index (χ0) is 15.6. The highest BCUT2D eigenvalue weighted by atomic mass is 32.2. The molecule has 1 heterocycles. The van der Waals surface area contributed by atoms with Crippen LogP contribution in [0.5, 0.6) is 0 Å². The molecule has 0 spiro atoms. The van der Waals surface area contributed by atoms with Crippen molar-refractivity contribution < 1.29 is 4.79 Å². The van der Waals surface area contributed by atoms with E-state index in [-0.39, 0.29) is 5.91 Å². The summed E-state index contributed by atoms with van der Waals surface area (Å²) in [6.07, 6.45) is 10.6. The van der Waals surface area contributed by atoms with Crippen LogP contribution in [0, 0.1) is 0 Å². The van der Waals surface area contributed by atoms with Gasteiger partial charge in [-0.25, -0.2) is 0 Å². The molecule has 112 valence electrons. The minimum Gasteiger partial charge on any atom is -0.323 e. The van der Waals surface area contributed by atoms with Crippen LogP contribution in [0.15, 0.2) is 78.0 Å². The summed E-state index contributed by atoms with van der Waals surface area (Å²) in [6, 6.07) is 11.8. The topological polar surface area (TPSA) is 42.0 Å². The lowest BCUT2D eigenvalue weighted by molar-refractivity contribution is -0.111. The highest BCUT2D eigenvalue weighted by Crippen LogP contribution is 2.23. The van der Waals surface area contributed by atoms with Gasteiger partial charge < -0.3 is 5.32 Å². The number of thioether (sulfide) groups is 1. The van der Waals surface area contributed by atoms with Gasteiger partial charge in [-0.15, -0.1) is 11.8 Å². The molecule has 2 aromatic rings. The van der Waals surface area contributed by atoms with Crippen molar-refractivity contribution in [1.29, 1.82) is 0 Å². The number of nitrogens with zero attached hydrogens (tertiary/aromatic N) is 1. The average molecular weight is 310 g/mol. The standard InChI is InChI=1S/C18H18N2OS/c1-2-3-4-7-18(21)20-16-8-10-17(11-9-16)22-14-15-6-5-12-19-13-15/h2-13H,14H2,1H3,(H,20,21)/b3-2+,7-4+. The molecule has 2 rings (SSSR count). The lowest BCUT2D eigenvalue weighted by Gasteiger charge is -2.05. The van der Waals surface area contributed by atoms with E-state index in [9.17, 15) is 4.79 Å². The molecule has 1 amide bonds. The van der Waals surface area contributed by atoms with Gasteiger partial charge >= 0.3 is 0 Å². The summed E-state index contributed by atoms with van der Waals surface area (Å²) in [6.45, 7) is 1.91. The summed E-state index contributed by atoms with van der Waals surface area (Å²) in [5.74, 6) is 0.750. The van der Waals surface area contributed by atoms with Crippen molar-refractivity contribution in [3.63, 3.8) is 0 Å². The maximum atomic E-state index is 11.6. The van der Waals surface area contributed by atoms with Crippen LogP contribution in [0.3, 0.4) is 0 Å². The molecular weight excluding hydrogens is 292 g/mol. The van der Waals surface area contributed by atoms with E-state index in [1.165, 1.54) is 11.6 Å². The lowest BCUT2D eigenvalue weighted by Crippen LogP contribution is -2.07. The quantitative estimate of drug-likeness (QED) is 0.487. The fourth-order valence-corrected chi connectivity index (χ4v) is 2.56. The first-order valence-corrected chi connectivity index (χ1v) is 7.98. The molecule has 0 radical (unpaired) electrons. The molecule has 0 unspecified atom stereocenters. The van der Waals surface area contributed by atoms with Crippen LogP contribution in [0.2, 0.25) is 0 Å². The molecule has 0 aliphatic carbocycles. The van der Waals surface area contributed by atoms with Gasteiger partial charge in [0.2, 0.25) is 5.91 Å². The van der Waals surface area contributed by atoms with Crippen molar-refractivity contribution in [3.05, 3.63) is 78.7 Å². The smallest absolute Gasteiger partial charge is 0.248 e. The normalized spacial score (nSPS) is 11.1. The van der Waals surface area contributed by atoms with E-state index in [1.54, 1.807) is 24.0 Å². The Morgan fingerprint density at radius 1 is 1.23 bits per heavy atom. The Labute approximate surface area is 135 Å². The molecule has 0 fully saturated rings. The average Bonchev–Trinajstić information content (AvgIpc) is 2.55. The van der Waals surface area contributed by atoms with Gasteiger partial charge in [0.25, 0.3) is 0 Å². The number of carbonyl (C=O) groups is 1. The van der Waals surface area contributed by atoms with Gasteiger partial charge in [0, 0.05) is 34.8 Å². The first-order valence-electron chi connectivity index (χ1n) is 7.00. The molecule has 3 nitrogen and oxygen atoms in total. The van der Waals surface area contributed by atoms with E-state index in [2.05, 4.69) is 16.4 Å². The van der Waals surface area contributed by atoms with Crippen molar-refractivity contribution >= 4 is 23.4 Å². The van der Waals surface area contributed by atoms with E-state index in [0.717, 1.165) is 16.3 Å². The Morgan fingerprint density at radius 3 is 2.73 bits per heavy atom. The molecule has 0 aliphatic heterocycles. The highest BCUT2D eigenvalue weighted by molar-refractivity contribution is 7.98. The van der Waals surface area contributed by atoms with Crippen LogP contribution in [0.1, 0.15) is 12.5 Å². The minimum absolute atomic E-state index is 0.131. The SMILES string of the molecule is C/C=C/C=C/C(=O)Nc1ccc(SCc2cccnc2)cc1. The molecular formula is C18H18N2OS. The number of anilines is 1. The van der Waals surface area contributed by atoms with E-state index in [1.807, 2.05) is 55.6 Å². The van der Waals surface area contributed by atoms with Gasteiger partial charge in [-0.3, -0.25) is 9.78 Å². The number of carbonyl (C=O) groups excluding carboxylic acids is 1. The summed E-state index contributed by atoms with van der Waals surface area (Å²) in [7, 11) is 0. The maximum Gasteiger partial charge on any atom is 0.248 e. The maximum absolute atomic E-state index is 11.6. The van der Waals surface area contributed by atoms with Crippen LogP contribution < -0.4 is 5.32 Å². The summed E-state index contributed by atoms with van der Waals surface area (Å²) in [5, 5.41) is 2.82.